The largest absolute Gasteiger partial charge is 0.339 e. The molecule has 2 aromatic heterocycles. The molecule has 1 N–H and O–H groups in total. The number of aromatic nitrogens is 1. The Labute approximate surface area is 151 Å². The van der Waals surface area contributed by atoms with E-state index < -0.39 is 0 Å². The van der Waals surface area contributed by atoms with Crippen molar-refractivity contribution < 1.29 is 4.79 Å². The van der Waals surface area contributed by atoms with Crippen molar-refractivity contribution in [2.24, 2.45) is 0 Å². The van der Waals surface area contributed by atoms with E-state index >= 15 is 0 Å². The molecule has 0 fully saturated rings. The number of thiophene rings is 1. The summed E-state index contributed by atoms with van der Waals surface area (Å²) in [6, 6.07) is 16.0. The Morgan fingerprint density at radius 2 is 1.92 bits per heavy atom. The van der Waals surface area contributed by atoms with Gasteiger partial charge < -0.3 is 5.32 Å². The van der Waals surface area contributed by atoms with Gasteiger partial charge in [0.2, 0.25) is 0 Å². The van der Waals surface area contributed by atoms with Gasteiger partial charge in [0.05, 0.1) is 6.04 Å². The Hall–Kier alpha value is -2.46. The molecule has 2 heterocycles. The van der Waals surface area contributed by atoms with Crippen LogP contribution in [0.1, 0.15) is 50.9 Å². The van der Waals surface area contributed by atoms with Crippen LogP contribution < -0.4 is 5.32 Å². The summed E-state index contributed by atoms with van der Waals surface area (Å²) in [7, 11) is 0. The molecule has 0 saturated carbocycles. The molecule has 0 aliphatic heterocycles. The summed E-state index contributed by atoms with van der Waals surface area (Å²) in [6.45, 7) is 0. The minimum atomic E-state index is -0.142. The van der Waals surface area contributed by atoms with E-state index in [4.69, 9.17) is 0 Å². The molecule has 1 aliphatic rings. The number of nitrogens with zero attached hydrogens (tertiary/aromatic N) is 1. The van der Waals surface area contributed by atoms with E-state index in [1.54, 1.807) is 23.6 Å². The summed E-state index contributed by atoms with van der Waals surface area (Å²) in [4.78, 5) is 18.0. The van der Waals surface area contributed by atoms with Crippen molar-refractivity contribution in [3.8, 4) is 0 Å². The van der Waals surface area contributed by atoms with Gasteiger partial charge in [0.15, 0.2) is 0 Å². The molecule has 1 atom stereocenters. The number of fused-ring (bicyclic) bond motifs is 1. The van der Waals surface area contributed by atoms with E-state index in [0.717, 1.165) is 16.9 Å². The third-order valence-electron chi connectivity index (χ3n) is 4.71. The zero-order valence-corrected chi connectivity index (χ0v) is 14.8. The van der Waals surface area contributed by atoms with Crippen LogP contribution in [0.15, 0.2) is 60.1 Å². The molecule has 126 valence electrons. The van der Waals surface area contributed by atoms with Gasteiger partial charge in [-0.05, 0) is 66.0 Å². The summed E-state index contributed by atoms with van der Waals surface area (Å²) in [5.41, 5.74) is 4.47. The standard InChI is InChI=1S/C21H20N2OS/c24-21(18-8-3-4-12-22-18)23-20(19-9-5-13-25-19)17-11-10-15-6-1-2-7-16(15)14-17/h3-5,8-14,20H,1-2,6-7H2,(H,23,24). The Morgan fingerprint density at radius 1 is 1.04 bits per heavy atom. The molecule has 1 amide bonds. The minimum absolute atomic E-state index is 0.137. The molecule has 4 heteroatoms. The quantitative estimate of drug-likeness (QED) is 0.752. The maximum absolute atomic E-state index is 12.6. The number of benzene rings is 1. The molecule has 1 aliphatic carbocycles. The van der Waals surface area contributed by atoms with Gasteiger partial charge in [0.1, 0.15) is 5.69 Å². The van der Waals surface area contributed by atoms with Crippen molar-refractivity contribution in [1.82, 2.24) is 10.3 Å². The second-order valence-electron chi connectivity index (χ2n) is 6.37. The van der Waals surface area contributed by atoms with Gasteiger partial charge in [-0.25, -0.2) is 0 Å². The van der Waals surface area contributed by atoms with Gasteiger partial charge in [0.25, 0.3) is 5.91 Å². The summed E-state index contributed by atoms with van der Waals surface area (Å²) in [5.74, 6) is -0.142. The summed E-state index contributed by atoms with van der Waals surface area (Å²) in [5, 5.41) is 5.22. The highest BCUT2D eigenvalue weighted by molar-refractivity contribution is 7.10. The van der Waals surface area contributed by atoms with Crippen LogP contribution in [0, 0.1) is 0 Å². The van der Waals surface area contributed by atoms with E-state index in [1.165, 1.54) is 30.4 Å². The fraction of sp³-hybridized carbons (Fsp3) is 0.238. The first-order valence-corrected chi connectivity index (χ1v) is 9.56. The van der Waals surface area contributed by atoms with E-state index in [2.05, 4.69) is 34.6 Å². The molecule has 4 rings (SSSR count). The summed E-state index contributed by atoms with van der Waals surface area (Å²) >= 11 is 1.67. The third kappa shape index (κ3) is 3.49. The Bertz CT molecular complexity index is 859. The Morgan fingerprint density at radius 3 is 2.68 bits per heavy atom. The van der Waals surface area contributed by atoms with Gasteiger partial charge in [-0.15, -0.1) is 11.3 Å². The fourth-order valence-corrected chi connectivity index (χ4v) is 4.21. The molecule has 3 aromatic rings. The highest BCUT2D eigenvalue weighted by atomic mass is 32.1. The number of hydrogen-bond acceptors (Lipinski definition) is 3. The number of aryl methyl sites for hydroxylation is 2. The van der Waals surface area contributed by atoms with Crippen LogP contribution in [-0.4, -0.2) is 10.9 Å². The molecular weight excluding hydrogens is 328 g/mol. The lowest BCUT2D eigenvalue weighted by Gasteiger charge is -2.22. The second-order valence-corrected chi connectivity index (χ2v) is 7.35. The lowest BCUT2D eigenvalue weighted by Crippen LogP contribution is -2.29. The highest BCUT2D eigenvalue weighted by Gasteiger charge is 2.21. The third-order valence-corrected chi connectivity index (χ3v) is 5.64. The number of carbonyl (C=O) groups excluding carboxylic acids is 1. The van der Waals surface area contributed by atoms with Crippen LogP contribution in [0.2, 0.25) is 0 Å². The first-order chi connectivity index (χ1) is 12.3. The normalized spacial score (nSPS) is 14.6. The van der Waals surface area contributed by atoms with Crippen molar-refractivity contribution in [3.05, 3.63) is 87.4 Å². The summed E-state index contributed by atoms with van der Waals surface area (Å²) < 4.78 is 0. The zero-order chi connectivity index (χ0) is 17.1. The highest BCUT2D eigenvalue weighted by Crippen LogP contribution is 2.30. The summed E-state index contributed by atoms with van der Waals surface area (Å²) in [6.07, 6.45) is 6.47. The van der Waals surface area contributed by atoms with Crippen molar-refractivity contribution in [2.75, 3.05) is 0 Å². The van der Waals surface area contributed by atoms with Gasteiger partial charge in [0, 0.05) is 11.1 Å². The Balaban J connectivity index is 1.66. The molecule has 0 spiro atoms. The molecule has 0 bridgehead atoms. The maximum atomic E-state index is 12.6. The van der Waals surface area contributed by atoms with E-state index in [1.807, 2.05) is 23.6 Å². The second kappa shape index (κ2) is 7.19. The average molecular weight is 348 g/mol. The monoisotopic (exact) mass is 348 g/mol. The molecule has 0 radical (unpaired) electrons. The van der Waals surface area contributed by atoms with Crippen LogP contribution in [0.25, 0.3) is 0 Å². The maximum Gasteiger partial charge on any atom is 0.270 e. The van der Waals surface area contributed by atoms with Crippen LogP contribution in [0.3, 0.4) is 0 Å². The molecule has 25 heavy (non-hydrogen) atoms. The van der Waals surface area contributed by atoms with E-state index in [9.17, 15) is 4.79 Å². The van der Waals surface area contributed by atoms with E-state index in [-0.39, 0.29) is 11.9 Å². The van der Waals surface area contributed by atoms with Crippen LogP contribution >= 0.6 is 11.3 Å². The molecule has 1 aromatic carbocycles. The van der Waals surface area contributed by atoms with Crippen LogP contribution in [-0.2, 0) is 12.8 Å². The fourth-order valence-electron chi connectivity index (χ4n) is 3.41. The smallest absolute Gasteiger partial charge is 0.270 e. The van der Waals surface area contributed by atoms with Crippen molar-refractivity contribution in [3.63, 3.8) is 0 Å². The van der Waals surface area contributed by atoms with Crippen molar-refractivity contribution in [1.29, 1.82) is 0 Å². The first-order valence-electron chi connectivity index (χ1n) is 8.68. The molecule has 0 saturated heterocycles. The van der Waals surface area contributed by atoms with Crippen LogP contribution in [0.4, 0.5) is 0 Å². The number of nitrogens with one attached hydrogen (secondary N) is 1. The zero-order valence-electron chi connectivity index (χ0n) is 13.9. The number of rotatable bonds is 4. The number of amides is 1. The minimum Gasteiger partial charge on any atom is -0.339 e. The number of hydrogen-bond donors (Lipinski definition) is 1. The molecule has 1 unspecified atom stereocenters. The van der Waals surface area contributed by atoms with Crippen molar-refractivity contribution >= 4 is 17.2 Å². The van der Waals surface area contributed by atoms with Gasteiger partial charge in [-0.3, -0.25) is 9.78 Å². The topological polar surface area (TPSA) is 42.0 Å². The number of pyridine rings is 1. The first kappa shape index (κ1) is 16.0. The Kier molecular flexibility index (Phi) is 4.61. The SMILES string of the molecule is O=C(NC(c1ccc2c(c1)CCCC2)c1cccs1)c1ccccn1. The predicted molar refractivity (Wildman–Crippen MR) is 101 cm³/mol. The van der Waals surface area contributed by atoms with Gasteiger partial charge in [-0.2, -0.15) is 0 Å². The lowest BCUT2D eigenvalue weighted by atomic mass is 9.89. The molecule has 3 nitrogen and oxygen atoms in total. The van der Waals surface area contributed by atoms with Crippen molar-refractivity contribution in [2.45, 2.75) is 31.7 Å². The average Bonchev–Trinajstić information content (AvgIpc) is 3.20. The lowest BCUT2D eigenvalue weighted by molar-refractivity contribution is 0.0938. The molecular formula is C21H20N2OS. The number of carbonyl (C=O) groups is 1. The predicted octanol–water partition coefficient (Wildman–Crippen LogP) is 4.54. The van der Waals surface area contributed by atoms with Crippen LogP contribution in [0.5, 0.6) is 0 Å². The van der Waals surface area contributed by atoms with Gasteiger partial charge >= 0.3 is 0 Å². The van der Waals surface area contributed by atoms with Gasteiger partial charge in [-0.1, -0.05) is 30.3 Å². The van der Waals surface area contributed by atoms with E-state index in [0.29, 0.717) is 5.69 Å².